The second-order valence-corrected chi connectivity index (χ2v) is 4.19. The molecule has 0 saturated carbocycles. The molecule has 0 heterocycles. The van der Waals surface area contributed by atoms with E-state index in [0.717, 1.165) is 6.42 Å². The van der Waals surface area contributed by atoms with Crippen LogP contribution in [0.5, 0.6) is 0 Å². The van der Waals surface area contributed by atoms with Gasteiger partial charge in [0.2, 0.25) is 0 Å². The molecule has 0 aliphatic rings. The molecule has 0 saturated heterocycles. The van der Waals surface area contributed by atoms with Crippen LogP contribution in [-0.2, 0) is 0 Å². The monoisotopic (exact) mass is 185 g/mol. The molecular formula is C9H10ClS. The van der Waals surface area contributed by atoms with Crippen LogP contribution in [0.25, 0.3) is 0 Å². The van der Waals surface area contributed by atoms with Crippen LogP contribution in [0.1, 0.15) is 6.42 Å². The fourth-order valence-electron chi connectivity index (χ4n) is 0.706. The second kappa shape index (κ2) is 4.68. The summed E-state index contributed by atoms with van der Waals surface area (Å²) in [6.45, 7) is 3.73. The van der Waals surface area contributed by atoms with Crippen molar-refractivity contribution in [2.24, 2.45) is 0 Å². The van der Waals surface area contributed by atoms with Gasteiger partial charge in [0.1, 0.15) is 0 Å². The molecule has 1 radical (unpaired) electrons. The van der Waals surface area contributed by atoms with Gasteiger partial charge in [0.05, 0.1) is 4.71 Å². The summed E-state index contributed by atoms with van der Waals surface area (Å²) in [7, 11) is 0. The van der Waals surface area contributed by atoms with Gasteiger partial charge >= 0.3 is 0 Å². The van der Waals surface area contributed by atoms with Crippen molar-refractivity contribution < 1.29 is 0 Å². The number of alkyl halides is 1. The Morgan fingerprint density at radius 2 is 2.00 bits per heavy atom. The van der Waals surface area contributed by atoms with E-state index in [1.54, 1.807) is 11.8 Å². The molecule has 59 valence electrons. The maximum absolute atomic E-state index is 5.90. The Labute approximate surface area is 77.0 Å². The van der Waals surface area contributed by atoms with Gasteiger partial charge in [-0.1, -0.05) is 25.1 Å². The number of hydrogen-bond donors (Lipinski definition) is 0. The number of halogens is 1. The fraction of sp³-hybridized carbons (Fsp3) is 0.222. The molecule has 1 aromatic carbocycles. The Bertz CT molecular complexity index is 198. The molecule has 0 nitrogen and oxygen atoms in total. The smallest absolute Gasteiger partial charge is 0.0835 e. The summed E-state index contributed by atoms with van der Waals surface area (Å²) >= 11 is 7.55. The number of thioether (sulfide) groups is 1. The molecular weight excluding hydrogens is 176 g/mol. The van der Waals surface area contributed by atoms with Crippen LogP contribution < -0.4 is 0 Å². The van der Waals surface area contributed by atoms with Crippen LogP contribution in [0, 0.1) is 6.92 Å². The zero-order chi connectivity index (χ0) is 8.10. The van der Waals surface area contributed by atoms with Crippen molar-refractivity contribution >= 4 is 23.4 Å². The quantitative estimate of drug-likeness (QED) is 0.513. The third-order valence-corrected chi connectivity index (χ3v) is 2.76. The lowest BCUT2D eigenvalue weighted by atomic mass is 10.4. The van der Waals surface area contributed by atoms with E-state index in [-0.39, 0.29) is 4.71 Å². The van der Waals surface area contributed by atoms with E-state index in [0.29, 0.717) is 0 Å². The Morgan fingerprint density at radius 1 is 1.36 bits per heavy atom. The van der Waals surface area contributed by atoms with Crippen LogP contribution in [-0.4, -0.2) is 4.71 Å². The van der Waals surface area contributed by atoms with Crippen LogP contribution in [0.15, 0.2) is 35.2 Å². The zero-order valence-corrected chi connectivity index (χ0v) is 7.74. The molecule has 1 rings (SSSR count). The van der Waals surface area contributed by atoms with Gasteiger partial charge in [0.15, 0.2) is 0 Å². The molecule has 1 aromatic rings. The highest BCUT2D eigenvalue weighted by molar-refractivity contribution is 8.01. The minimum atomic E-state index is 0.0948. The molecule has 0 aliphatic carbocycles. The molecule has 1 atom stereocenters. The molecule has 11 heavy (non-hydrogen) atoms. The minimum Gasteiger partial charge on any atom is -0.111 e. The predicted molar refractivity (Wildman–Crippen MR) is 51.9 cm³/mol. The lowest BCUT2D eigenvalue weighted by Gasteiger charge is -2.04. The highest BCUT2D eigenvalue weighted by Gasteiger charge is 2.01. The van der Waals surface area contributed by atoms with Crippen LogP contribution in [0.4, 0.5) is 0 Å². The van der Waals surface area contributed by atoms with Gasteiger partial charge in [-0.25, -0.2) is 0 Å². The highest BCUT2D eigenvalue weighted by Crippen LogP contribution is 2.26. The van der Waals surface area contributed by atoms with E-state index in [1.165, 1.54) is 4.90 Å². The van der Waals surface area contributed by atoms with E-state index >= 15 is 0 Å². The van der Waals surface area contributed by atoms with Crippen molar-refractivity contribution in [1.29, 1.82) is 0 Å². The van der Waals surface area contributed by atoms with Crippen molar-refractivity contribution in [3.05, 3.63) is 37.3 Å². The summed E-state index contributed by atoms with van der Waals surface area (Å²) in [5.74, 6) is 0. The SMILES string of the molecule is [CH2]CC(Cl)Sc1ccccc1. The first kappa shape index (κ1) is 8.95. The molecule has 2 heteroatoms. The molecule has 0 amide bonds. The topological polar surface area (TPSA) is 0 Å². The molecule has 0 aliphatic heterocycles. The first-order chi connectivity index (χ1) is 5.33. The van der Waals surface area contributed by atoms with E-state index in [1.807, 2.05) is 18.2 Å². The van der Waals surface area contributed by atoms with E-state index in [9.17, 15) is 0 Å². The van der Waals surface area contributed by atoms with Crippen LogP contribution >= 0.6 is 23.4 Å². The largest absolute Gasteiger partial charge is 0.111 e. The summed E-state index contributed by atoms with van der Waals surface area (Å²) in [6.07, 6.45) is 0.751. The van der Waals surface area contributed by atoms with Crippen molar-refractivity contribution in [2.75, 3.05) is 0 Å². The summed E-state index contributed by atoms with van der Waals surface area (Å²) in [4.78, 5) is 1.20. The van der Waals surface area contributed by atoms with Crippen LogP contribution in [0.2, 0.25) is 0 Å². The maximum atomic E-state index is 5.90. The molecule has 0 N–H and O–H groups in total. The first-order valence-corrected chi connectivity index (χ1v) is 4.79. The van der Waals surface area contributed by atoms with Gasteiger partial charge in [-0.05, 0) is 18.6 Å². The van der Waals surface area contributed by atoms with Crippen molar-refractivity contribution in [3.63, 3.8) is 0 Å². The van der Waals surface area contributed by atoms with Gasteiger partial charge in [0, 0.05) is 4.90 Å². The van der Waals surface area contributed by atoms with Crippen molar-refractivity contribution in [1.82, 2.24) is 0 Å². The third kappa shape index (κ3) is 3.17. The average Bonchev–Trinajstić information content (AvgIpc) is 2.06. The molecule has 0 bridgehead atoms. The maximum Gasteiger partial charge on any atom is 0.0835 e. The summed E-state index contributed by atoms with van der Waals surface area (Å²) < 4.78 is 0.0948. The van der Waals surface area contributed by atoms with Gasteiger partial charge in [-0.3, -0.25) is 0 Å². The second-order valence-electron chi connectivity index (χ2n) is 2.13. The fourth-order valence-corrected chi connectivity index (χ4v) is 1.74. The first-order valence-electron chi connectivity index (χ1n) is 3.48. The molecule has 0 aromatic heterocycles. The Hall–Kier alpha value is -0.140. The highest BCUT2D eigenvalue weighted by atomic mass is 35.5. The summed E-state index contributed by atoms with van der Waals surface area (Å²) in [6, 6.07) is 10.1. The predicted octanol–water partition coefficient (Wildman–Crippen LogP) is 3.57. The molecule has 0 fully saturated rings. The number of benzene rings is 1. The number of rotatable bonds is 3. The standard InChI is InChI=1S/C9H10ClS/c1-2-9(10)11-8-6-4-3-5-7-8/h3-7,9H,1-2H2. The van der Waals surface area contributed by atoms with E-state index < -0.39 is 0 Å². The average molecular weight is 186 g/mol. The summed E-state index contributed by atoms with van der Waals surface area (Å²) in [5, 5.41) is 0. The Morgan fingerprint density at radius 3 is 2.55 bits per heavy atom. The van der Waals surface area contributed by atoms with Gasteiger partial charge < -0.3 is 0 Å². The summed E-state index contributed by atoms with van der Waals surface area (Å²) in [5.41, 5.74) is 0. The van der Waals surface area contributed by atoms with Crippen LogP contribution in [0.3, 0.4) is 0 Å². The minimum absolute atomic E-state index is 0.0948. The van der Waals surface area contributed by atoms with Gasteiger partial charge in [-0.15, -0.1) is 23.4 Å². The lowest BCUT2D eigenvalue weighted by molar-refractivity contribution is 1.16. The normalized spacial score (nSPS) is 12.9. The van der Waals surface area contributed by atoms with E-state index in [2.05, 4.69) is 19.1 Å². The Kier molecular flexibility index (Phi) is 3.81. The van der Waals surface area contributed by atoms with E-state index in [4.69, 9.17) is 11.6 Å². The molecule has 1 unspecified atom stereocenters. The van der Waals surface area contributed by atoms with Crippen molar-refractivity contribution in [3.8, 4) is 0 Å². The van der Waals surface area contributed by atoms with Gasteiger partial charge in [0.25, 0.3) is 0 Å². The number of hydrogen-bond acceptors (Lipinski definition) is 1. The van der Waals surface area contributed by atoms with Crippen molar-refractivity contribution in [2.45, 2.75) is 16.0 Å². The lowest BCUT2D eigenvalue weighted by Crippen LogP contribution is -1.86. The van der Waals surface area contributed by atoms with Gasteiger partial charge in [-0.2, -0.15) is 0 Å². The Balaban J connectivity index is 2.51. The zero-order valence-electron chi connectivity index (χ0n) is 6.16. The third-order valence-electron chi connectivity index (χ3n) is 1.23. The molecule has 0 spiro atoms.